The second-order valence-corrected chi connectivity index (χ2v) is 5.74. The fourth-order valence-electron chi connectivity index (χ4n) is 1.46. The van der Waals surface area contributed by atoms with Gasteiger partial charge >= 0.3 is 0 Å². The molecule has 0 aliphatic carbocycles. The molecular weight excluding hydrogens is 206 g/mol. The quantitative estimate of drug-likeness (QED) is 0.783. The largest absolute Gasteiger partial charge is 0.396 e. The highest BCUT2D eigenvalue weighted by Gasteiger charge is 2.18. The molecule has 0 bridgehead atoms. The molecular formula is C12H21NOS. The number of nitrogens with one attached hydrogen (secondary N) is 1. The van der Waals surface area contributed by atoms with Gasteiger partial charge in [-0.2, -0.15) is 0 Å². The number of hydrogen-bond donors (Lipinski definition) is 2. The van der Waals surface area contributed by atoms with E-state index in [2.05, 4.69) is 43.6 Å². The summed E-state index contributed by atoms with van der Waals surface area (Å²) in [6.07, 6.45) is 0.844. The lowest BCUT2D eigenvalue weighted by atomic mass is 9.89. The average Bonchev–Trinajstić information content (AvgIpc) is 2.67. The first-order valence-electron chi connectivity index (χ1n) is 5.43. The molecule has 0 radical (unpaired) electrons. The normalized spacial score (nSPS) is 14.1. The van der Waals surface area contributed by atoms with Gasteiger partial charge in [0.1, 0.15) is 0 Å². The number of aliphatic hydroxyl groups excluding tert-OH is 1. The molecule has 0 aliphatic heterocycles. The molecule has 0 amide bonds. The van der Waals surface area contributed by atoms with Gasteiger partial charge in [0.25, 0.3) is 0 Å². The molecule has 0 aromatic carbocycles. The lowest BCUT2D eigenvalue weighted by Crippen LogP contribution is -2.31. The smallest absolute Gasteiger partial charge is 0.0436 e. The summed E-state index contributed by atoms with van der Waals surface area (Å²) in [5.74, 6) is 0. The van der Waals surface area contributed by atoms with Crippen molar-refractivity contribution in [1.82, 2.24) is 5.32 Å². The van der Waals surface area contributed by atoms with Gasteiger partial charge in [-0.15, -0.1) is 11.3 Å². The highest BCUT2D eigenvalue weighted by atomic mass is 32.1. The second kappa shape index (κ2) is 5.64. The van der Waals surface area contributed by atoms with Gasteiger partial charge in [-0.3, -0.25) is 0 Å². The molecule has 86 valence electrons. The molecule has 0 saturated carbocycles. The van der Waals surface area contributed by atoms with Gasteiger partial charge in [0, 0.05) is 24.1 Å². The first kappa shape index (κ1) is 12.7. The Morgan fingerprint density at radius 3 is 2.80 bits per heavy atom. The Morgan fingerprint density at radius 1 is 1.53 bits per heavy atom. The molecule has 15 heavy (non-hydrogen) atoms. The zero-order chi connectivity index (χ0) is 11.3. The van der Waals surface area contributed by atoms with Crippen molar-refractivity contribution in [2.24, 2.45) is 5.41 Å². The fourth-order valence-corrected chi connectivity index (χ4v) is 2.22. The van der Waals surface area contributed by atoms with Crippen molar-refractivity contribution in [1.29, 1.82) is 0 Å². The van der Waals surface area contributed by atoms with E-state index < -0.39 is 0 Å². The maximum Gasteiger partial charge on any atom is 0.0436 e. The van der Waals surface area contributed by atoms with Gasteiger partial charge < -0.3 is 10.4 Å². The molecule has 0 spiro atoms. The van der Waals surface area contributed by atoms with Gasteiger partial charge in [-0.05, 0) is 30.2 Å². The summed E-state index contributed by atoms with van der Waals surface area (Å²) in [5, 5.41) is 14.5. The number of rotatable bonds is 6. The summed E-state index contributed by atoms with van der Waals surface area (Å²) in [5.41, 5.74) is 0.167. The Labute approximate surface area is 96.3 Å². The van der Waals surface area contributed by atoms with Crippen LogP contribution in [0.1, 0.15) is 38.1 Å². The van der Waals surface area contributed by atoms with E-state index >= 15 is 0 Å². The van der Waals surface area contributed by atoms with Crippen LogP contribution in [0.4, 0.5) is 0 Å². The molecule has 2 nitrogen and oxygen atoms in total. The molecule has 1 heterocycles. The summed E-state index contributed by atoms with van der Waals surface area (Å²) in [7, 11) is 0. The Kier molecular flexibility index (Phi) is 4.77. The first-order chi connectivity index (χ1) is 7.05. The van der Waals surface area contributed by atoms with Crippen molar-refractivity contribution < 1.29 is 5.11 Å². The SMILES string of the molecule is CC(NCC(C)(C)CCO)c1cccs1. The summed E-state index contributed by atoms with van der Waals surface area (Å²) in [6.45, 7) is 7.74. The van der Waals surface area contributed by atoms with Crippen molar-refractivity contribution in [3.8, 4) is 0 Å². The summed E-state index contributed by atoms with van der Waals surface area (Å²) >= 11 is 1.78. The monoisotopic (exact) mass is 227 g/mol. The predicted molar refractivity (Wildman–Crippen MR) is 66.2 cm³/mol. The van der Waals surface area contributed by atoms with E-state index in [4.69, 9.17) is 5.11 Å². The van der Waals surface area contributed by atoms with Crippen LogP contribution >= 0.6 is 11.3 Å². The molecule has 1 unspecified atom stereocenters. The molecule has 0 fully saturated rings. The lowest BCUT2D eigenvalue weighted by molar-refractivity contribution is 0.204. The van der Waals surface area contributed by atoms with E-state index in [0.717, 1.165) is 13.0 Å². The third-order valence-corrected chi connectivity index (χ3v) is 3.70. The van der Waals surface area contributed by atoms with E-state index in [1.807, 2.05) is 0 Å². The number of hydrogen-bond acceptors (Lipinski definition) is 3. The van der Waals surface area contributed by atoms with E-state index in [1.165, 1.54) is 4.88 Å². The molecule has 1 atom stereocenters. The Balaban J connectivity index is 2.37. The molecule has 3 heteroatoms. The molecule has 0 aliphatic rings. The zero-order valence-electron chi connectivity index (χ0n) is 9.79. The maximum atomic E-state index is 8.93. The van der Waals surface area contributed by atoms with Crippen molar-refractivity contribution in [2.45, 2.75) is 33.2 Å². The summed E-state index contributed by atoms with van der Waals surface area (Å²) < 4.78 is 0. The minimum Gasteiger partial charge on any atom is -0.396 e. The van der Waals surface area contributed by atoms with Crippen LogP contribution in [-0.2, 0) is 0 Å². The van der Waals surface area contributed by atoms with Gasteiger partial charge in [-0.25, -0.2) is 0 Å². The zero-order valence-corrected chi connectivity index (χ0v) is 10.6. The van der Waals surface area contributed by atoms with Gasteiger partial charge in [0.2, 0.25) is 0 Å². The average molecular weight is 227 g/mol. The number of thiophene rings is 1. The first-order valence-corrected chi connectivity index (χ1v) is 6.31. The van der Waals surface area contributed by atoms with Crippen LogP contribution in [0, 0.1) is 5.41 Å². The van der Waals surface area contributed by atoms with E-state index in [1.54, 1.807) is 11.3 Å². The molecule has 1 rings (SSSR count). The van der Waals surface area contributed by atoms with Gasteiger partial charge in [-0.1, -0.05) is 19.9 Å². The Hall–Kier alpha value is -0.380. The van der Waals surface area contributed by atoms with E-state index in [0.29, 0.717) is 6.04 Å². The second-order valence-electron chi connectivity index (χ2n) is 4.76. The highest BCUT2D eigenvalue weighted by Crippen LogP contribution is 2.22. The fraction of sp³-hybridized carbons (Fsp3) is 0.667. The summed E-state index contributed by atoms with van der Waals surface area (Å²) in [6, 6.07) is 4.64. The molecule has 1 aromatic rings. The summed E-state index contributed by atoms with van der Waals surface area (Å²) in [4.78, 5) is 1.37. The molecule has 2 N–H and O–H groups in total. The predicted octanol–water partition coefficient (Wildman–Crippen LogP) is 2.81. The van der Waals surface area contributed by atoms with Crippen LogP contribution < -0.4 is 5.32 Å². The molecule has 0 saturated heterocycles. The van der Waals surface area contributed by atoms with Crippen LogP contribution in [-0.4, -0.2) is 18.3 Å². The third kappa shape index (κ3) is 4.33. The van der Waals surface area contributed by atoms with Crippen LogP contribution in [0.25, 0.3) is 0 Å². The van der Waals surface area contributed by atoms with E-state index in [-0.39, 0.29) is 12.0 Å². The van der Waals surface area contributed by atoms with Crippen LogP contribution in [0.2, 0.25) is 0 Å². The van der Waals surface area contributed by atoms with E-state index in [9.17, 15) is 0 Å². The van der Waals surface area contributed by atoms with Crippen molar-refractivity contribution in [2.75, 3.05) is 13.2 Å². The van der Waals surface area contributed by atoms with Crippen LogP contribution in [0.15, 0.2) is 17.5 Å². The van der Waals surface area contributed by atoms with Crippen molar-refractivity contribution in [3.63, 3.8) is 0 Å². The van der Waals surface area contributed by atoms with Crippen LogP contribution in [0.3, 0.4) is 0 Å². The van der Waals surface area contributed by atoms with Crippen molar-refractivity contribution >= 4 is 11.3 Å². The number of aliphatic hydroxyl groups is 1. The van der Waals surface area contributed by atoms with Crippen molar-refractivity contribution in [3.05, 3.63) is 22.4 Å². The minimum atomic E-state index is 0.167. The minimum absolute atomic E-state index is 0.167. The van der Waals surface area contributed by atoms with Crippen LogP contribution in [0.5, 0.6) is 0 Å². The molecule has 1 aromatic heterocycles. The standard InChI is InChI=1S/C12H21NOS/c1-10(11-5-4-8-15-11)13-9-12(2,3)6-7-14/h4-5,8,10,13-14H,6-7,9H2,1-3H3. The topological polar surface area (TPSA) is 32.3 Å². The lowest BCUT2D eigenvalue weighted by Gasteiger charge is -2.26. The van der Waals surface area contributed by atoms with Gasteiger partial charge in [0.05, 0.1) is 0 Å². The maximum absolute atomic E-state index is 8.93. The third-order valence-electron chi connectivity index (χ3n) is 2.65. The highest BCUT2D eigenvalue weighted by molar-refractivity contribution is 7.10. The Morgan fingerprint density at radius 2 is 2.27 bits per heavy atom. The van der Waals surface area contributed by atoms with Gasteiger partial charge in [0.15, 0.2) is 0 Å². The Bertz CT molecular complexity index is 269.